The summed E-state index contributed by atoms with van der Waals surface area (Å²) in [5.74, 6) is -1.45. The van der Waals surface area contributed by atoms with Gasteiger partial charge in [-0.05, 0) is 24.3 Å². The van der Waals surface area contributed by atoms with Gasteiger partial charge in [-0.15, -0.1) is 0 Å². The molecule has 0 aliphatic rings. The van der Waals surface area contributed by atoms with Gasteiger partial charge in [0.05, 0.1) is 12.1 Å². The number of hydrogen-bond acceptors (Lipinski definition) is 4. The van der Waals surface area contributed by atoms with Crippen LogP contribution in [0.1, 0.15) is 10.4 Å². The third kappa shape index (κ3) is 5.52. The summed E-state index contributed by atoms with van der Waals surface area (Å²) in [4.78, 5) is 33.7. The molecule has 0 aliphatic carbocycles. The van der Waals surface area contributed by atoms with Crippen molar-refractivity contribution in [1.29, 1.82) is 0 Å². The van der Waals surface area contributed by atoms with E-state index in [2.05, 4.69) is 26.6 Å². The van der Waals surface area contributed by atoms with Crippen LogP contribution in [0.2, 0.25) is 0 Å². The molecule has 7 heteroatoms. The molecular weight excluding hydrogens is 316 g/mol. The minimum atomic E-state index is -0.595. The number of ether oxygens (including phenoxy) is 1. The molecule has 0 saturated heterocycles. The predicted molar refractivity (Wildman–Crippen MR) is 71.5 cm³/mol. The van der Waals surface area contributed by atoms with Crippen molar-refractivity contribution in [1.82, 2.24) is 10.6 Å². The van der Waals surface area contributed by atoms with Gasteiger partial charge in [0, 0.05) is 11.5 Å². The monoisotopic (exact) mass is 328 g/mol. The summed E-state index contributed by atoms with van der Waals surface area (Å²) in [5.41, 5.74) is 0.349. The fourth-order valence-electron chi connectivity index (χ4n) is 1.12. The van der Waals surface area contributed by atoms with Crippen LogP contribution in [0.5, 0.6) is 0 Å². The quantitative estimate of drug-likeness (QED) is 0.769. The van der Waals surface area contributed by atoms with Crippen molar-refractivity contribution in [3.63, 3.8) is 0 Å². The number of nitrogens with one attached hydrogen (secondary N) is 2. The molecule has 0 unspecified atom stereocenters. The highest BCUT2D eigenvalue weighted by molar-refractivity contribution is 9.10. The van der Waals surface area contributed by atoms with Crippen LogP contribution in [0.15, 0.2) is 28.7 Å². The maximum absolute atomic E-state index is 11.6. The number of likely N-dealkylation sites (N-methyl/N-ethyl adjacent to an activating group) is 1. The Bertz CT molecular complexity index is 473. The number of carbonyl (C=O) groups excluding carboxylic acids is 3. The Balaban J connectivity index is 2.36. The van der Waals surface area contributed by atoms with E-state index in [1.807, 2.05) is 0 Å². The van der Waals surface area contributed by atoms with Gasteiger partial charge in [-0.1, -0.05) is 15.9 Å². The van der Waals surface area contributed by atoms with Crippen LogP contribution < -0.4 is 10.6 Å². The molecule has 0 heterocycles. The average molecular weight is 329 g/mol. The summed E-state index contributed by atoms with van der Waals surface area (Å²) >= 11 is 3.24. The maximum Gasteiger partial charge on any atom is 0.338 e. The molecular formula is C12H13BrN2O4. The molecule has 0 saturated carbocycles. The number of rotatable bonds is 5. The highest BCUT2D eigenvalue weighted by Gasteiger charge is 2.10. The summed E-state index contributed by atoms with van der Waals surface area (Å²) in [6.07, 6.45) is 0. The van der Waals surface area contributed by atoms with Gasteiger partial charge < -0.3 is 15.4 Å². The molecule has 0 radical (unpaired) electrons. The van der Waals surface area contributed by atoms with E-state index in [1.165, 1.54) is 7.05 Å². The minimum Gasteiger partial charge on any atom is -0.452 e. The summed E-state index contributed by atoms with van der Waals surface area (Å²) in [7, 11) is 1.46. The Morgan fingerprint density at radius 1 is 1.16 bits per heavy atom. The largest absolute Gasteiger partial charge is 0.452 e. The Morgan fingerprint density at radius 2 is 1.79 bits per heavy atom. The van der Waals surface area contributed by atoms with Crippen molar-refractivity contribution in [2.75, 3.05) is 20.2 Å². The van der Waals surface area contributed by atoms with Gasteiger partial charge in [0.15, 0.2) is 6.61 Å². The molecule has 0 bridgehead atoms. The molecule has 2 amide bonds. The van der Waals surface area contributed by atoms with Crippen molar-refractivity contribution in [2.45, 2.75) is 0 Å². The van der Waals surface area contributed by atoms with E-state index in [-0.39, 0.29) is 12.5 Å². The smallest absolute Gasteiger partial charge is 0.338 e. The predicted octanol–water partition coefficient (Wildman–Crippen LogP) is 0.468. The van der Waals surface area contributed by atoms with E-state index < -0.39 is 18.5 Å². The maximum atomic E-state index is 11.6. The lowest BCUT2D eigenvalue weighted by molar-refractivity contribution is -0.127. The third-order valence-electron chi connectivity index (χ3n) is 2.14. The molecule has 2 N–H and O–H groups in total. The molecule has 1 aromatic rings. The van der Waals surface area contributed by atoms with Crippen LogP contribution in [0.4, 0.5) is 0 Å². The van der Waals surface area contributed by atoms with Crippen LogP contribution in [0.25, 0.3) is 0 Å². The van der Waals surface area contributed by atoms with Gasteiger partial charge in [-0.3, -0.25) is 9.59 Å². The van der Waals surface area contributed by atoms with E-state index in [9.17, 15) is 14.4 Å². The fraction of sp³-hybridized carbons (Fsp3) is 0.250. The minimum absolute atomic E-state index is 0.148. The number of hydrogen-bond donors (Lipinski definition) is 2. The first-order chi connectivity index (χ1) is 9.02. The zero-order valence-electron chi connectivity index (χ0n) is 10.2. The summed E-state index contributed by atoms with van der Waals surface area (Å²) in [6, 6.07) is 6.55. The van der Waals surface area contributed by atoms with E-state index in [4.69, 9.17) is 4.74 Å². The lowest BCUT2D eigenvalue weighted by atomic mass is 10.2. The number of carbonyl (C=O) groups is 3. The third-order valence-corrected chi connectivity index (χ3v) is 2.67. The molecule has 0 fully saturated rings. The molecule has 0 spiro atoms. The van der Waals surface area contributed by atoms with Crippen LogP contribution in [-0.4, -0.2) is 38.0 Å². The van der Waals surface area contributed by atoms with E-state index >= 15 is 0 Å². The second-order valence-corrected chi connectivity index (χ2v) is 4.45. The molecule has 19 heavy (non-hydrogen) atoms. The van der Waals surface area contributed by atoms with Crippen LogP contribution in [0.3, 0.4) is 0 Å². The summed E-state index contributed by atoms with van der Waals surface area (Å²) in [6.45, 7) is -0.572. The second kappa shape index (κ2) is 7.52. The standard InChI is InChI=1S/C12H13BrN2O4/c1-14-10(16)6-15-11(17)7-19-12(18)8-2-4-9(13)5-3-8/h2-5H,6-7H2,1H3,(H,14,16)(H,15,17). The Kier molecular flexibility index (Phi) is 6.01. The first-order valence-electron chi connectivity index (χ1n) is 5.43. The number of amides is 2. The van der Waals surface area contributed by atoms with Crippen molar-refractivity contribution in [3.05, 3.63) is 34.3 Å². The van der Waals surface area contributed by atoms with Gasteiger partial charge in [0.25, 0.3) is 5.91 Å². The van der Waals surface area contributed by atoms with Gasteiger partial charge in [-0.25, -0.2) is 4.79 Å². The Hall–Kier alpha value is -1.89. The molecule has 0 aromatic heterocycles. The first-order valence-corrected chi connectivity index (χ1v) is 6.22. The molecule has 6 nitrogen and oxygen atoms in total. The van der Waals surface area contributed by atoms with E-state index in [0.29, 0.717) is 5.56 Å². The van der Waals surface area contributed by atoms with Crippen LogP contribution in [-0.2, 0) is 14.3 Å². The zero-order valence-corrected chi connectivity index (χ0v) is 11.8. The second-order valence-electron chi connectivity index (χ2n) is 3.53. The number of esters is 1. The number of benzene rings is 1. The summed E-state index contributed by atoms with van der Waals surface area (Å²) in [5, 5.41) is 4.66. The average Bonchev–Trinajstić information content (AvgIpc) is 2.42. The topological polar surface area (TPSA) is 84.5 Å². The normalized spacial score (nSPS) is 9.58. The molecule has 0 aliphatic heterocycles. The van der Waals surface area contributed by atoms with Crippen LogP contribution >= 0.6 is 15.9 Å². The Labute approximate surface area is 118 Å². The van der Waals surface area contributed by atoms with Gasteiger partial charge >= 0.3 is 5.97 Å². The summed E-state index contributed by atoms with van der Waals surface area (Å²) < 4.78 is 5.64. The molecule has 1 rings (SSSR count). The lowest BCUT2D eigenvalue weighted by Gasteiger charge is -2.06. The van der Waals surface area contributed by atoms with Gasteiger partial charge in [0.2, 0.25) is 5.91 Å². The van der Waals surface area contributed by atoms with Crippen molar-refractivity contribution in [2.24, 2.45) is 0 Å². The van der Waals surface area contributed by atoms with Crippen molar-refractivity contribution < 1.29 is 19.1 Å². The van der Waals surface area contributed by atoms with E-state index in [0.717, 1.165) is 4.47 Å². The van der Waals surface area contributed by atoms with Crippen molar-refractivity contribution in [3.8, 4) is 0 Å². The van der Waals surface area contributed by atoms with E-state index in [1.54, 1.807) is 24.3 Å². The van der Waals surface area contributed by atoms with Crippen LogP contribution in [0, 0.1) is 0 Å². The zero-order chi connectivity index (χ0) is 14.3. The van der Waals surface area contributed by atoms with Gasteiger partial charge in [0.1, 0.15) is 0 Å². The Morgan fingerprint density at radius 3 is 2.37 bits per heavy atom. The fourth-order valence-corrected chi connectivity index (χ4v) is 1.38. The molecule has 102 valence electrons. The SMILES string of the molecule is CNC(=O)CNC(=O)COC(=O)c1ccc(Br)cc1. The number of halogens is 1. The van der Waals surface area contributed by atoms with Crippen molar-refractivity contribution >= 4 is 33.7 Å². The first kappa shape index (κ1) is 15.2. The van der Waals surface area contributed by atoms with Gasteiger partial charge in [-0.2, -0.15) is 0 Å². The highest BCUT2D eigenvalue weighted by atomic mass is 79.9. The molecule has 1 aromatic carbocycles. The molecule has 0 atom stereocenters. The lowest BCUT2D eigenvalue weighted by Crippen LogP contribution is -2.37. The highest BCUT2D eigenvalue weighted by Crippen LogP contribution is 2.11.